The number of hydrogen-bond acceptors (Lipinski definition) is 5. The monoisotopic (exact) mass is 611 g/mol. The maximum atomic E-state index is 13.1. The summed E-state index contributed by atoms with van der Waals surface area (Å²) in [6, 6.07) is 3.73. The molecule has 1 spiro atoms. The summed E-state index contributed by atoms with van der Waals surface area (Å²) in [6.45, 7) is 3.99. The van der Waals surface area contributed by atoms with E-state index >= 15 is 0 Å². The van der Waals surface area contributed by atoms with Crippen LogP contribution in [0.5, 0.6) is 5.88 Å². The largest absolute Gasteiger partial charge is 0.480 e. The van der Waals surface area contributed by atoms with Gasteiger partial charge in [0, 0.05) is 50.0 Å². The van der Waals surface area contributed by atoms with E-state index in [9.17, 15) is 9.59 Å². The molecule has 2 fully saturated rings. The van der Waals surface area contributed by atoms with Crippen molar-refractivity contribution >= 4 is 23.4 Å². The smallest absolute Gasteiger partial charge is 0.267 e. The lowest BCUT2D eigenvalue weighted by molar-refractivity contribution is 0.0681. The lowest BCUT2D eigenvalue weighted by Crippen LogP contribution is -2.43. The summed E-state index contributed by atoms with van der Waals surface area (Å²) >= 11 is 6.08. The number of pyridine rings is 1. The number of nitrogens with one attached hydrogen (secondary N) is 3. The molecular weight excluding hydrogens is 562 g/mol. The predicted molar refractivity (Wildman–Crippen MR) is 171 cm³/mol. The van der Waals surface area contributed by atoms with Gasteiger partial charge in [0.05, 0.1) is 12.1 Å². The van der Waals surface area contributed by atoms with Crippen LogP contribution >= 0.6 is 11.6 Å². The molecule has 1 saturated carbocycles. The Bertz CT molecular complexity index is 1210. The molecule has 43 heavy (non-hydrogen) atoms. The fourth-order valence-corrected chi connectivity index (χ4v) is 7.65. The van der Waals surface area contributed by atoms with Crippen molar-refractivity contribution in [1.82, 2.24) is 25.5 Å². The molecule has 2 aliphatic heterocycles. The van der Waals surface area contributed by atoms with E-state index in [0.717, 1.165) is 58.3 Å². The number of methoxy groups -OCH3 is 1. The highest BCUT2D eigenvalue weighted by Gasteiger charge is 2.38. The molecule has 0 atom stereocenters. The number of ether oxygens (including phenoxy) is 1. The Kier molecular flexibility index (Phi) is 11.4. The zero-order chi connectivity index (χ0) is 30.1. The molecule has 9 heteroatoms. The van der Waals surface area contributed by atoms with Gasteiger partial charge in [-0.1, -0.05) is 75.8 Å². The lowest BCUT2D eigenvalue weighted by Gasteiger charge is -2.38. The van der Waals surface area contributed by atoms with E-state index in [1.165, 1.54) is 88.8 Å². The number of piperidine rings is 1. The van der Waals surface area contributed by atoms with E-state index in [4.69, 9.17) is 16.3 Å². The third-order valence-corrected chi connectivity index (χ3v) is 10.2. The van der Waals surface area contributed by atoms with Crippen molar-refractivity contribution in [3.63, 3.8) is 0 Å². The number of hydrogen-bond donors (Lipinski definition) is 3. The number of halogens is 1. The molecular formula is C34H50ClN5O3. The van der Waals surface area contributed by atoms with Gasteiger partial charge in [0.1, 0.15) is 11.3 Å². The van der Waals surface area contributed by atoms with Crippen LogP contribution in [0.2, 0.25) is 5.02 Å². The van der Waals surface area contributed by atoms with Crippen molar-refractivity contribution in [2.45, 2.75) is 108 Å². The van der Waals surface area contributed by atoms with E-state index in [1.807, 2.05) is 4.90 Å². The summed E-state index contributed by atoms with van der Waals surface area (Å²) < 4.78 is 5.27. The summed E-state index contributed by atoms with van der Waals surface area (Å²) in [5.41, 5.74) is 3.87. The Balaban J connectivity index is 1.05. The molecule has 0 unspecified atom stereocenters. The zero-order valence-electron chi connectivity index (χ0n) is 25.9. The average Bonchev–Trinajstić information content (AvgIpc) is 3.46. The Morgan fingerprint density at radius 2 is 1.74 bits per heavy atom. The molecule has 3 aliphatic rings. The van der Waals surface area contributed by atoms with Crippen molar-refractivity contribution in [3.8, 4) is 5.88 Å². The maximum absolute atomic E-state index is 13.1. The first-order valence-electron chi connectivity index (χ1n) is 16.7. The SMILES string of the molecule is COc1ncc(Cl)cc1C(=O)N1CCC(CCCCNC(=O)c2cc3c([nH]2)C2(CCCCCCCCCC2)CNC3)CC1. The van der Waals surface area contributed by atoms with Crippen LogP contribution in [0.15, 0.2) is 18.3 Å². The van der Waals surface area contributed by atoms with E-state index in [-0.39, 0.29) is 17.2 Å². The van der Waals surface area contributed by atoms with E-state index in [0.29, 0.717) is 34.6 Å². The Hall–Kier alpha value is -2.58. The minimum Gasteiger partial charge on any atom is -0.480 e. The fraction of sp³-hybridized carbons (Fsp3) is 0.676. The number of aromatic nitrogens is 2. The van der Waals surface area contributed by atoms with Crippen LogP contribution in [0.25, 0.3) is 0 Å². The van der Waals surface area contributed by atoms with Crippen LogP contribution < -0.4 is 15.4 Å². The molecule has 0 bridgehead atoms. The van der Waals surface area contributed by atoms with Gasteiger partial charge >= 0.3 is 0 Å². The third-order valence-electron chi connectivity index (χ3n) is 9.98. The third kappa shape index (κ3) is 8.13. The Labute approximate surface area is 262 Å². The van der Waals surface area contributed by atoms with E-state index in [1.54, 1.807) is 6.07 Å². The Morgan fingerprint density at radius 1 is 1.05 bits per heavy atom. The summed E-state index contributed by atoms with van der Waals surface area (Å²) in [7, 11) is 1.52. The predicted octanol–water partition coefficient (Wildman–Crippen LogP) is 6.78. The molecule has 0 aromatic carbocycles. The van der Waals surface area contributed by atoms with Crippen molar-refractivity contribution in [1.29, 1.82) is 0 Å². The molecule has 236 valence electrons. The topological polar surface area (TPSA) is 99.3 Å². The van der Waals surface area contributed by atoms with Gasteiger partial charge in [-0.05, 0) is 55.7 Å². The van der Waals surface area contributed by atoms with Gasteiger partial charge in [-0.3, -0.25) is 9.59 Å². The second-order valence-electron chi connectivity index (χ2n) is 13.0. The molecule has 4 heterocycles. The van der Waals surface area contributed by atoms with Crippen LogP contribution in [0.4, 0.5) is 0 Å². The molecule has 3 N–H and O–H groups in total. The average molecular weight is 612 g/mol. The van der Waals surface area contributed by atoms with Crippen LogP contribution in [0, 0.1) is 5.92 Å². The van der Waals surface area contributed by atoms with Gasteiger partial charge in [0.25, 0.3) is 11.8 Å². The maximum Gasteiger partial charge on any atom is 0.267 e. The highest BCUT2D eigenvalue weighted by atomic mass is 35.5. The second kappa shape index (κ2) is 15.4. The molecule has 8 nitrogen and oxygen atoms in total. The number of carbonyl (C=O) groups is 2. The number of nitrogens with zero attached hydrogens (tertiary/aromatic N) is 2. The number of H-pyrrole nitrogens is 1. The first-order valence-corrected chi connectivity index (χ1v) is 17.1. The quantitative estimate of drug-likeness (QED) is 0.286. The van der Waals surface area contributed by atoms with E-state index in [2.05, 4.69) is 26.7 Å². The lowest BCUT2D eigenvalue weighted by atomic mass is 9.72. The van der Waals surface area contributed by atoms with Gasteiger partial charge in [-0.25, -0.2) is 4.98 Å². The molecule has 2 amide bonds. The number of likely N-dealkylation sites (tertiary alicyclic amines) is 1. The van der Waals surface area contributed by atoms with Gasteiger partial charge in [-0.2, -0.15) is 0 Å². The van der Waals surface area contributed by atoms with Crippen LogP contribution in [0.3, 0.4) is 0 Å². The molecule has 2 aromatic rings. The molecule has 1 aliphatic carbocycles. The standard InChI is InChI=1S/C34H50ClN5O3/c1-43-32-28(21-27(35)23-38-32)33(42)40-18-13-25(14-19-40)12-8-11-17-37-31(41)29-20-26-22-36-24-34(30(26)39-29)15-9-6-4-2-3-5-7-10-16-34/h20-21,23,25,36,39H,2-19,22,24H2,1H3,(H,37,41). The highest BCUT2D eigenvalue weighted by Crippen LogP contribution is 2.40. The van der Waals surface area contributed by atoms with Gasteiger partial charge < -0.3 is 25.3 Å². The molecule has 0 radical (unpaired) electrons. The second-order valence-corrected chi connectivity index (χ2v) is 13.4. The minimum absolute atomic E-state index is 0.0129. The van der Waals surface area contributed by atoms with Gasteiger partial charge in [-0.15, -0.1) is 0 Å². The Morgan fingerprint density at radius 3 is 2.44 bits per heavy atom. The first-order chi connectivity index (χ1) is 21.0. The summed E-state index contributed by atoms with van der Waals surface area (Å²) in [6.07, 6.45) is 19.6. The fourth-order valence-electron chi connectivity index (χ4n) is 7.49. The van der Waals surface area contributed by atoms with Crippen molar-refractivity contribution in [3.05, 3.63) is 45.9 Å². The molecule has 2 aromatic heterocycles. The van der Waals surface area contributed by atoms with Crippen molar-refractivity contribution in [2.75, 3.05) is 33.3 Å². The minimum atomic E-state index is -0.0725. The van der Waals surface area contributed by atoms with Crippen LogP contribution in [0.1, 0.15) is 128 Å². The summed E-state index contributed by atoms with van der Waals surface area (Å²) in [5, 5.41) is 7.28. The number of fused-ring (bicyclic) bond motifs is 2. The summed E-state index contributed by atoms with van der Waals surface area (Å²) in [4.78, 5) is 35.8. The number of aromatic amines is 1. The molecule has 5 rings (SSSR count). The van der Waals surface area contributed by atoms with E-state index < -0.39 is 0 Å². The highest BCUT2D eigenvalue weighted by molar-refractivity contribution is 6.30. The van der Waals surface area contributed by atoms with Crippen LogP contribution in [-0.4, -0.2) is 60.0 Å². The molecule has 1 saturated heterocycles. The summed E-state index contributed by atoms with van der Waals surface area (Å²) in [5.74, 6) is 0.852. The van der Waals surface area contributed by atoms with Gasteiger partial charge in [0.2, 0.25) is 5.88 Å². The van der Waals surface area contributed by atoms with Gasteiger partial charge in [0.15, 0.2) is 0 Å². The zero-order valence-corrected chi connectivity index (χ0v) is 26.7. The van der Waals surface area contributed by atoms with Crippen molar-refractivity contribution < 1.29 is 14.3 Å². The number of carbonyl (C=O) groups excluding carboxylic acids is 2. The number of unbranched alkanes of at least 4 members (excludes halogenated alkanes) is 1. The number of rotatable bonds is 8. The van der Waals surface area contributed by atoms with Crippen molar-refractivity contribution in [2.24, 2.45) is 5.92 Å². The number of amides is 2. The van der Waals surface area contributed by atoms with Crippen LogP contribution in [-0.2, 0) is 12.0 Å². The normalized spacial score (nSPS) is 19.8. The first kappa shape index (κ1) is 31.8.